The fraction of sp³-hybridized carbons (Fsp3) is 0.500. The summed E-state index contributed by atoms with van der Waals surface area (Å²) in [6, 6.07) is 0. The van der Waals surface area contributed by atoms with E-state index < -0.39 is 5.91 Å². The summed E-state index contributed by atoms with van der Waals surface area (Å²) in [4.78, 5) is 9.32. The highest BCUT2D eigenvalue weighted by molar-refractivity contribution is 9.09. The van der Waals surface area contributed by atoms with Crippen molar-refractivity contribution in [3.05, 3.63) is 0 Å². The zero-order valence-electron chi connectivity index (χ0n) is 2.44. The molecular formula is C2H2BrNO. The summed E-state index contributed by atoms with van der Waals surface area (Å²) < 4.78 is 0. The number of hydrogen-bond donors (Lipinski definition) is 0. The van der Waals surface area contributed by atoms with Crippen LogP contribution < -0.4 is 5.73 Å². The quantitative estimate of drug-likeness (QED) is 0.466. The molecule has 0 heterocycles. The first-order chi connectivity index (χ1) is 2.27. The van der Waals surface area contributed by atoms with E-state index in [9.17, 15) is 4.79 Å². The minimum absolute atomic E-state index is 0.0347. The second kappa shape index (κ2) is 2.20. The van der Waals surface area contributed by atoms with Crippen LogP contribution in [-0.2, 0) is 4.79 Å². The van der Waals surface area contributed by atoms with E-state index in [1.165, 1.54) is 0 Å². The molecule has 0 unspecified atom stereocenters. The Bertz CT molecular complexity index is 44.9. The average molecular weight is 136 g/mol. The van der Waals surface area contributed by atoms with E-state index in [1.54, 1.807) is 0 Å². The number of halogens is 1. The number of nitrogens with zero attached hydrogens (tertiary/aromatic N) is 1. The van der Waals surface area contributed by atoms with Crippen LogP contribution in [0.1, 0.15) is 0 Å². The Morgan fingerprint density at radius 1 is 2.00 bits per heavy atom. The molecule has 0 N–H and O–H groups in total. The van der Waals surface area contributed by atoms with Crippen LogP contribution in [0.2, 0.25) is 0 Å². The summed E-state index contributed by atoms with van der Waals surface area (Å²) in [5.74, 6) is -0.829. The van der Waals surface area contributed by atoms with Gasteiger partial charge in [0, 0.05) is 0 Å². The van der Waals surface area contributed by atoms with Gasteiger partial charge in [-0.25, -0.2) is 0 Å². The van der Waals surface area contributed by atoms with Crippen LogP contribution in [0.3, 0.4) is 0 Å². The molecule has 2 nitrogen and oxygen atoms in total. The van der Waals surface area contributed by atoms with Gasteiger partial charge in [0.25, 0.3) is 5.91 Å². The maximum atomic E-state index is 9.32. The second-order valence-electron chi connectivity index (χ2n) is 0.527. The van der Waals surface area contributed by atoms with Crippen molar-refractivity contribution in [2.24, 2.45) is 0 Å². The van der Waals surface area contributed by atoms with E-state index in [1.807, 2.05) is 0 Å². The first-order valence-corrected chi connectivity index (χ1v) is 2.17. The van der Waals surface area contributed by atoms with Gasteiger partial charge in [-0.2, -0.15) is 0 Å². The van der Waals surface area contributed by atoms with Gasteiger partial charge in [0.15, 0.2) is 0 Å². The molecule has 0 aliphatic heterocycles. The lowest BCUT2D eigenvalue weighted by Crippen LogP contribution is -1.95. The molecule has 0 aromatic rings. The summed E-state index contributed by atoms with van der Waals surface area (Å²) in [7, 11) is 0. The number of hydrogen-bond acceptors (Lipinski definition) is 1. The van der Waals surface area contributed by atoms with Crippen molar-refractivity contribution in [1.82, 2.24) is 5.73 Å². The van der Waals surface area contributed by atoms with Gasteiger partial charge in [-0.1, -0.05) is 15.9 Å². The van der Waals surface area contributed by atoms with Gasteiger partial charge in [0.2, 0.25) is 0 Å². The van der Waals surface area contributed by atoms with Crippen LogP contribution >= 0.6 is 15.9 Å². The van der Waals surface area contributed by atoms with Crippen LogP contribution in [0, 0.1) is 0 Å². The van der Waals surface area contributed by atoms with Crippen LogP contribution in [0.25, 0.3) is 0 Å². The highest BCUT2D eigenvalue weighted by atomic mass is 79.9. The fourth-order valence-electron chi connectivity index (χ4n) is 0. The molecule has 0 spiro atoms. The zero-order chi connectivity index (χ0) is 4.28. The lowest BCUT2D eigenvalue weighted by molar-refractivity contribution is -0.116. The number of carbonyl (C=O) groups is 1. The topological polar surface area (TPSA) is 39.4 Å². The smallest absolute Gasteiger partial charge is 0.270 e. The number of rotatable bonds is 1. The minimum Gasteiger partial charge on any atom is -0.270 e. The van der Waals surface area contributed by atoms with Gasteiger partial charge in [-0.05, 0) is 0 Å². The van der Waals surface area contributed by atoms with Gasteiger partial charge < -0.3 is 0 Å². The van der Waals surface area contributed by atoms with Crippen molar-refractivity contribution in [3.8, 4) is 0 Å². The molecule has 5 heavy (non-hydrogen) atoms. The third-order valence-corrected chi connectivity index (χ3v) is 0.594. The second-order valence-corrected chi connectivity index (χ2v) is 1.09. The van der Waals surface area contributed by atoms with Crippen LogP contribution in [0.4, 0.5) is 0 Å². The molecule has 28 valence electrons. The maximum absolute atomic E-state index is 9.32. The highest BCUT2D eigenvalue weighted by Gasteiger charge is 1.84. The molecular weight excluding hydrogens is 134 g/mol. The molecule has 0 aliphatic rings. The van der Waals surface area contributed by atoms with E-state index in [-0.39, 0.29) is 5.33 Å². The van der Waals surface area contributed by atoms with E-state index in [0.717, 1.165) is 0 Å². The molecule has 0 bridgehead atoms. The van der Waals surface area contributed by atoms with E-state index in [2.05, 4.69) is 15.9 Å². The molecule has 0 rings (SSSR count). The molecule has 0 aromatic heterocycles. The lowest BCUT2D eigenvalue weighted by Gasteiger charge is -1.65. The van der Waals surface area contributed by atoms with Gasteiger partial charge >= 0.3 is 0 Å². The summed E-state index contributed by atoms with van der Waals surface area (Å²) in [5, 5.41) is 0.0347. The standard InChI is InChI=1S/C2H2BrNO/c3-1-2(4)5/h1H2. The highest BCUT2D eigenvalue weighted by Crippen LogP contribution is 1.72. The molecule has 0 atom stereocenters. The van der Waals surface area contributed by atoms with Gasteiger partial charge in [0.05, 0.1) is 5.33 Å². The maximum Gasteiger partial charge on any atom is 0.275 e. The molecule has 1 amide bonds. The van der Waals surface area contributed by atoms with E-state index in [0.29, 0.717) is 0 Å². The lowest BCUT2D eigenvalue weighted by atomic mass is 10.8. The van der Waals surface area contributed by atoms with Crippen LogP contribution in [0.15, 0.2) is 0 Å². The third kappa shape index (κ3) is 3.95. The molecule has 0 fully saturated rings. The summed E-state index contributed by atoms with van der Waals surface area (Å²) in [6.45, 7) is 0. The molecule has 2 radical (unpaired) electrons. The van der Waals surface area contributed by atoms with Crippen molar-refractivity contribution in [3.63, 3.8) is 0 Å². The fourth-order valence-corrected chi connectivity index (χ4v) is 0. The van der Waals surface area contributed by atoms with Crippen molar-refractivity contribution >= 4 is 21.8 Å². The molecule has 0 aliphatic carbocycles. The molecule has 0 aromatic carbocycles. The Morgan fingerprint density at radius 3 is 2.20 bits per heavy atom. The van der Waals surface area contributed by atoms with Crippen molar-refractivity contribution in [2.75, 3.05) is 5.33 Å². The monoisotopic (exact) mass is 135 g/mol. The van der Waals surface area contributed by atoms with Crippen molar-refractivity contribution < 1.29 is 4.79 Å². The van der Waals surface area contributed by atoms with Crippen molar-refractivity contribution in [2.45, 2.75) is 0 Å². The third-order valence-electron chi connectivity index (χ3n) is 0.114. The first kappa shape index (κ1) is 4.95. The van der Waals surface area contributed by atoms with Crippen LogP contribution in [0.5, 0.6) is 0 Å². The SMILES string of the molecule is [N]C(=O)CBr. The summed E-state index contributed by atoms with van der Waals surface area (Å²) in [6.07, 6.45) is 0. The van der Waals surface area contributed by atoms with Gasteiger partial charge in [0.1, 0.15) is 0 Å². The average Bonchev–Trinajstić information content (AvgIpc) is 1.38. The Kier molecular flexibility index (Phi) is 2.18. The summed E-state index contributed by atoms with van der Waals surface area (Å²) in [5.41, 5.74) is 7.68. The number of amides is 1. The van der Waals surface area contributed by atoms with Gasteiger partial charge in [-0.15, -0.1) is 5.73 Å². The Hall–Kier alpha value is -0.0500. The van der Waals surface area contributed by atoms with Crippen molar-refractivity contribution in [1.29, 1.82) is 0 Å². The zero-order valence-corrected chi connectivity index (χ0v) is 4.03. The number of alkyl halides is 1. The van der Waals surface area contributed by atoms with Crippen LogP contribution in [-0.4, -0.2) is 11.2 Å². The molecule has 3 heteroatoms. The van der Waals surface area contributed by atoms with Gasteiger partial charge in [-0.3, -0.25) is 4.79 Å². The van der Waals surface area contributed by atoms with E-state index >= 15 is 0 Å². The van der Waals surface area contributed by atoms with E-state index in [4.69, 9.17) is 5.73 Å². The first-order valence-electron chi connectivity index (χ1n) is 1.05. The minimum atomic E-state index is -0.829. The normalized spacial score (nSPS) is 7.40. The predicted octanol–water partition coefficient (Wildman–Crippen LogP) is -0.0234. The Balaban J connectivity index is 2.85. The number of carbonyl (C=O) groups excluding carboxylic acids is 1. The Morgan fingerprint density at radius 2 is 2.20 bits per heavy atom. The Labute approximate surface area is 38.5 Å². The molecule has 0 saturated carbocycles. The predicted molar refractivity (Wildman–Crippen MR) is 20.9 cm³/mol. The summed E-state index contributed by atoms with van der Waals surface area (Å²) >= 11 is 2.71. The molecule has 0 saturated heterocycles. The largest absolute Gasteiger partial charge is 0.275 e.